The number of allylic oxidation sites excluding steroid dienone is 1. The van der Waals surface area contributed by atoms with E-state index in [1.807, 2.05) is 67.6 Å². The predicted molar refractivity (Wildman–Crippen MR) is 105 cm³/mol. The Morgan fingerprint density at radius 2 is 1.76 bits per heavy atom. The van der Waals surface area contributed by atoms with Crippen molar-refractivity contribution in [3.8, 4) is 5.75 Å². The summed E-state index contributed by atoms with van der Waals surface area (Å²) in [6.07, 6.45) is 4.34. The fourth-order valence-corrected chi connectivity index (χ4v) is 3.46. The highest BCUT2D eigenvalue weighted by molar-refractivity contribution is 7.14. The molecule has 1 heterocycles. The topological polar surface area (TPSA) is 26.3 Å². The third-order valence-electron chi connectivity index (χ3n) is 3.74. The van der Waals surface area contributed by atoms with Crippen LogP contribution in [0.25, 0.3) is 6.08 Å². The lowest BCUT2D eigenvalue weighted by atomic mass is 10.1. The molecule has 0 radical (unpaired) electrons. The van der Waals surface area contributed by atoms with E-state index in [9.17, 15) is 4.79 Å². The van der Waals surface area contributed by atoms with Crippen molar-refractivity contribution in [2.75, 3.05) is 6.61 Å². The molecule has 0 unspecified atom stereocenters. The zero-order valence-corrected chi connectivity index (χ0v) is 15.0. The number of rotatable bonds is 7. The molecule has 0 aliphatic heterocycles. The van der Waals surface area contributed by atoms with Gasteiger partial charge < -0.3 is 4.74 Å². The van der Waals surface area contributed by atoms with E-state index in [4.69, 9.17) is 4.74 Å². The van der Waals surface area contributed by atoms with Crippen LogP contribution in [0.4, 0.5) is 0 Å². The van der Waals surface area contributed by atoms with E-state index >= 15 is 0 Å². The number of ether oxygens (including phenoxy) is 1. The molecule has 0 amide bonds. The minimum absolute atomic E-state index is 0.0400. The van der Waals surface area contributed by atoms with Gasteiger partial charge >= 0.3 is 0 Å². The number of ketones is 1. The summed E-state index contributed by atoms with van der Waals surface area (Å²) in [7, 11) is 0. The third kappa shape index (κ3) is 4.91. The molecular formula is C22H20O2S. The van der Waals surface area contributed by atoms with Crippen molar-refractivity contribution >= 4 is 23.2 Å². The Labute approximate surface area is 152 Å². The van der Waals surface area contributed by atoms with E-state index in [1.165, 1.54) is 10.4 Å². The Bertz CT molecular complexity index is 845. The summed E-state index contributed by atoms with van der Waals surface area (Å²) in [6.45, 7) is 2.61. The van der Waals surface area contributed by atoms with E-state index in [-0.39, 0.29) is 5.78 Å². The number of carbonyl (C=O) groups excluding carboxylic acids is 1. The van der Waals surface area contributed by atoms with Gasteiger partial charge in [-0.05, 0) is 48.4 Å². The maximum Gasteiger partial charge on any atom is 0.195 e. The molecule has 0 aliphatic carbocycles. The first-order valence-corrected chi connectivity index (χ1v) is 9.14. The van der Waals surface area contributed by atoms with Gasteiger partial charge in [0, 0.05) is 11.3 Å². The number of benzene rings is 2. The fourth-order valence-electron chi connectivity index (χ4n) is 2.50. The lowest BCUT2D eigenvalue weighted by Gasteiger charge is -2.02. The van der Waals surface area contributed by atoms with Gasteiger partial charge in [0.25, 0.3) is 0 Å². The van der Waals surface area contributed by atoms with Crippen LogP contribution < -0.4 is 4.74 Å². The molecule has 0 spiro atoms. The summed E-state index contributed by atoms with van der Waals surface area (Å²) >= 11 is 1.56. The van der Waals surface area contributed by atoms with Crippen LogP contribution in [0.1, 0.15) is 32.6 Å². The summed E-state index contributed by atoms with van der Waals surface area (Å²) < 4.78 is 5.42. The van der Waals surface area contributed by atoms with Gasteiger partial charge in [0.15, 0.2) is 5.78 Å². The highest BCUT2D eigenvalue weighted by Crippen LogP contribution is 2.21. The van der Waals surface area contributed by atoms with E-state index < -0.39 is 0 Å². The molecule has 0 bridgehead atoms. The minimum Gasteiger partial charge on any atom is -0.494 e. The van der Waals surface area contributed by atoms with Crippen LogP contribution >= 0.6 is 11.3 Å². The molecule has 0 N–H and O–H groups in total. The van der Waals surface area contributed by atoms with Crippen LogP contribution in [-0.2, 0) is 6.42 Å². The molecule has 1 aromatic heterocycles. The van der Waals surface area contributed by atoms with Crippen molar-refractivity contribution in [2.45, 2.75) is 13.3 Å². The standard InChI is InChI=1S/C22H20O2S/c1-2-24-19-11-8-17(9-12-19)10-14-21(23)22-15-13-20(25-22)16-18-6-4-3-5-7-18/h3-15H,2,16H2,1H3/b14-10+. The monoisotopic (exact) mass is 348 g/mol. The van der Waals surface area contributed by atoms with Gasteiger partial charge in [-0.2, -0.15) is 0 Å². The quantitative estimate of drug-likeness (QED) is 0.408. The Balaban J connectivity index is 1.63. The first-order chi connectivity index (χ1) is 12.2. The molecule has 0 saturated carbocycles. The highest BCUT2D eigenvalue weighted by atomic mass is 32.1. The maximum atomic E-state index is 12.4. The van der Waals surface area contributed by atoms with Gasteiger partial charge in [-0.15, -0.1) is 11.3 Å². The second-order valence-corrected chi connectivity index (χ2v) is 6.80. The van der Waals surface area contributed by atoms with Crippen LogP contribution in [0.2, 0.25) is 0 Å². The number of hydrogen-bond acceptors (Lipinski definition) is 3. The lowest BCUT2D eigenvalue weighted by Crippen LogP contribution is -1.91. The van der Waals surface area contributed by atoms with E-state index in [1.54, 1.807) is 17.4 Å². The lowest BCUT2D eigenvalue weighted by molar-refractivity contribution is 0.105. The van der Waals surface area contributed by atoms with Crippen molar-refractivity contribution in [1.29, 1.82) is 0 Å². The van der Waals surface area contributed by atoms with Crippen LogP contribution in [0.3, 0.4) is 0 Å². The SMILES string of the molecule is CCOc1ccc(/C=C/C(=O)c2ccc(Cc3ccccc3)s2)cc1. The van der Waals surface area contributed by atoms with E-state index in [2.05, 4.69) is 12.1 Å². The molecule has 2 aromatic carbocycles. The summed E-state index contributed by atoms with van der Waals surface area (Å²) in [5.41, 5.74) is 2.24. The van der Waals surface area contributed by atoms with Crippen molar-refractivity contribution < 1.29 is 9.53 Å². The van der Waals surface area contributed by atoms with Crippen LogP contribution in [0.15, 0.2) is 72.8 Å². The maximum absolute atomic E-state index is 12.4. The average molecular weight is 348 g/mol. The summed E-state index contributed by atoms with van der Waals surface area (Å²) in [4.78, 5) is 14.3. The molecule has 3 heteroatoms. The highest BCUT2D eigenvalue weighted by Gasteiger charge is 2.07. The van der Waals surface area contributed by atoms with Crippen molar-refractivity contribution in [1.82, 2.24) is 0 Å². The predicted octanol–water partition coefficient (Wildman–Crippen LogP) is 5.63. The normalized spacial score (nSPS) is 10.9. The molecule has 25 heavy (non-hydrogen) atoms. The molecule has 2 nitrogen and oxygen atoms in total. The second-order valence-electron chi connectivity index (χ2n) is 5.63. The fraction of sp³-hybridized carbons (Fsp3) is 0.136. The zero-order chi connectivity index (χ0) is 17.5. The summed E-state index contributed by atoms with van der Waals surface area (Å²) in [5.74, 6) is 0.882. The summed E-state index contributed by atoms with van der Waals surface area (Å²) in [6, 6.07) is 22.0. The molecule has 3 aromatic rings. The van der Waals surface area contributed by atoms with Crippen LogP contribution in [0, 0.1) is 0 Å². The van der Waals surface area contributed by atoms with Gasteiger partial charge in [-0.3, -0.25) is 4.79 Å². The Morgan fingerprint density at radius 3 is 2.48 bits per heavy atom. The molecule has 0 saturated heterocycles. The molecule has 3 rings (SSSR count). The first kappa shape index (κ1) is 17.2. The first-order valence-electron chi connectivity index (χ1n) is 8.32. The van der Waals surface area contributed by atoms with Crippen molar-refractivity contribution in [2.24, 2.45) is 0 Å². The molecule has 126 valence electrons. The third-order valence-corrected chi connectivity index (χ3v) is 4.84. The molecular weight excluding hydrogens is 328 g/mol. The zero-order valence-electron chi connectivity index (χ0n) is 14.1. The Hall–Kier alpha value is -2.65. The van der Waals surface area contributed by atoms with Gasteiger partial charge in [-0.25, -0.2) is 0 Å². The average Bonchev–Trinajstić information content (AvgIpc) is 3.10. The van der Waals surface area contributed by atoms with Gasteiger partial charge in [0.05, 0.1) is 11.5 Å². The Kier molecular flexibility index (Phi) is 5.81. The summed E-state index contributed by atoms with van der Waals surface area (Å²) in [5, 5.41) is 0. The van der Waals surface area contributed by atoms with Gasteiger partial charge in [0.1, 0.15) is 5.75 Å². The Morgan fingerprint density at radius 1 is 1.00 bits per heavy atom. The second kappa shape index (κ2) is 8.45. The van der Waals surface area contributed by atoms with Crippen molar-refractivity contribution in [3.05, 3.63) is 93.7 Å². The number of thiophene rings is 1. The van der Waals surface area contributed by atoms with Crippen LogP contribution in [-0.4, -0.2) is 12.4 Å². The molecule has 0 fully saturated rings. The van der Waals surface area contributed by atoms with Gasteiger partial charge in [0.2, 0.25) is 0 Å². The largest absolute Gasteiger partial charge is 0.494 e. The van der Waals surface area contributed by atoms with E-state index in [0.717, 1.165) is 22.6 Å². The number of carbonyl (C=O) groups is 1. The molecule has 0 aliphatic rings. The van der Waals surface area contributed by atoms with E-state index in [0.29, 0.717) is 6.61 Å². The minimum atomic E-state index is 0.0400. The number of hydrogen-bond donors (Lipinski definition) is 0. The smallest absolute Gasteiger partial charge is 0.195 e. The van der Waals surface area contributed by atoms with Crippen molar-refractivity contribution in [3.63, 3.8) is 0 Å². The van der Waals surface area contributed by atoms with Crippen LogP contribution in [0.5, 0.6) is 5.75 Å². The molecule has 0 atom stereocenters. The van der Waals surface area contributed by atoms with Gasteiger partial charge in [-0.1, -0.05) is 48.5 Å².